The van der Waals surface area contributed by atoms with E-state index in [1.54, 1.807) is 18.2 Å². The van der Waals surface area contributed by atoms with Crippen LogP contribution in [0, 0.1) is 11.3 Å². The van der Waals surface area contributed by atoms with Gasteiger partial charge in [-0.2, -0.15) is 5.26 Å². The minimum atomic E-state index is -1.07. The summed E-state index contributed by atoms with van der Waals surface area (Å²) in [6.45, 7) is 2.23. The molecule has 0 unspecified atom stereocenters. The SMILES string of the molecule is CCCCOC(=O)C(C#N)=Cc1cccc(C(=O)O)c1. The number of carboxylic acids is 1. The van der Waals surface area contributed by atoms with Crippen molar-refractivity contribution < 1.29 is 19.4 Å². The second kappa shape index (κ2) is 7.74. The summed E-state index contributed by atoms with van der Waals surface area (Å²) in [6.07, 6.45) is 2.94. The lowest BCUT2D eigenvalue weighted by molar-refractivity contribution is -0.138. The molecule has 1 aromatic rings. The molecule has 0 heterocycles. The highest BCUT2D eigenvalue weighted by Gasteiger charge is 2.11. The van der Waals surface area contributed by atoms with Crippen LogP contribution in [0.5, 0.6) is 0 Å². The number of esters is 1. The zero-order chi connectivity index (χ0) is 15.0. The van der Waals surface area contributed by atoms with Gasteiger partial charge in [0.1, 0.15) is 11.6 Å². The highest BCUT2D eigenvalue weighted by molar-refractivity contribution is 5.98. The molecule has 20 heavy (non-hydrogen) atoms. The number of rotatable bonds is 6. The van der Waals surface area contributed by atoms with Gasteiger partial charge in [-0.05, 0) is 30.2 Å². The molecule has 104 valence electrons. The van der Waals surface area contributed by atoms with Crippen molar-refractivity contribution in [2.45, 2.75) is 19.8 Å². The third kappa shape index (κ3) is 4.58. The fourth-order valence-corrected chi connectivity index (χ4v) is 1.45. The van der Waals surface area contributed by atoms with Gasteiger partial charge >= 0.3 is 11.9 Å². The van der Waals surface area contributed by atoms with Crippen LogP contribution in [-0.4, -0.2) is 23.7 Å². The molecule has 0 fully saturated rings. The number of nitrogens with zero attached hydrogens (tertiary/aromatic N) is 1. The van der Waals surface area contributed by atoms with E-state index in [0.717, 1.165) is 12.8 Å². The maximum atomic E-state index is 11.6. The fourth-order valence-electron chi connectivity index (χ4n) is 1.45. The Hall–Kier alpha value is -2.61. The fraction of sp³-hybridized carbons (Fsp3) is 0.267. The van der Waals surface area contributed by atoms with Crippen LogP contribution in [0.25, 0.3) is 6.08 Å². The third-order valence-corrected chi connectivity index (χ3v) is 2.52. The number of unbranched alkanes of at least 4 members (excludes halogenated alkanes) is 1. The van der Waals surface area contributed by atoms with Crippen molar-refractivity contribution >= 4 is 18.0 Å². The molecular weight excluding hydrogens is 258 g/mol. The molecule has 5 nitrogen and oxygen atoms in total. The normalized spacial score (nSPS) is 10.7. The van der Waals surface area contributed by atoms with Crippen molar-refractivity contribution in [3.8, 4) is 6.07 Å². The number of carbonyl (C=O) groups is 2. The summed E-state index contributed by atoms with van der Waals surface area (Å²) in [4.78, 5) is 22.5. The number of hydrogen-bond donors (Lipinski definition) is 1. The van der Waals surface area contributed by atoms with Crippen LogP contribution in [0.1, 0.15) is 35.7 Å². The topological polar surface area (TPSA) is 87.4 Å². The Kier molecular flexibility index (Phi) is 5.98. The molecule has 0 aliphatic carbocycles. The predicted octanol–water partition coefficient (Wildman–Crippen LogP) is 2.64. The minimum absolute atomic E-state index is 0.0930. The van der Waals surface area contributed by atoms with Gasteiger partial charge in [0.2, 0.25) is 0 Å². The Morgan fingerprint density at radius 1 is 1.45 bits per heavy atom. The zero-order valence-corrected chi connectivity index (χ0v) is 11.1. The molecule has 0 atom stereocenters. The Morgan fingerprint density at radius 3 is 2.80 bits per heavy atom. The van der Waals surface area contributed by atoms with Gasteiger partial charge in [-0.25, -0.2) is 9.59 Å². The molecule has 0 aliphatic heterocycles. The lowest BCUT2D eigenvalue weighted by Crippen LogP contribution is -2.07. The Bertz CT molecular complexity index is 569. The summed E-state index contributed by atoms with van der Waals surface area (Å²) in [7, 11) is 0. The number of ether oxygens (including phenoxy) is 1. The summed E-state index contributed by atoms with van der Waals surface area (Å²) >= 11 is 0. The van der Waals surface area contributed by atoms with Crippen LogP contribution in [0.15, 0.2) is 29.8 Å². The Labute approximate surface area is 117 Å². The van der Waals surface area contributed by atoms with Gasteiger partial charge in [-0.3, -0.25) is 0 Å². The molecule has 0 amide bonds. The van der Waals surface area contributed by atoms with Crippen LogP contribution in [-0.2, 0) is 9.53 Å². The van der Waals surface area contributed by atoms with E-state index in [1.807, 2.05) is 6.92 Å². The first kappa shape index (κ1) is 15.4. The van der Waals surface area contributed by atoms with E-state index in [2.05, 4.69) is 0 Å². The van der Waals surface area contributed by atoms with Crippen molar-refractivity contribution in [1.29, 1.82) is 5.26 Å². The second-order valence-corrected chi connectivity index (χ2v) is 4.09. The third-order valence-electron chi connectivity index (χ3n) is 2.52. The summed E-state index contributed by atoms with van der Waals surface area (Å²) in [6, 6.07) is 7.75. The van der Waals surface area contributed by atoms with Gasteiger partial charge in [-0.1, -0.05) is 25.5 Å². The van der Waals surface area contributed by atoms with Gasteiger partial charge < -0.3 is 9.84 Å². The average molecular weight is 273 g/mol. The van der Waals surface area contributed by atoms with Crippen molar-refractivity contribution in [3.05, 3.63) is 41.0 Å². The van der Waals surface area contributed by atoms with Crippen LogP contribution >= 0.6 is 0 Å². The summed E-state index contributed by atoms with van der Waals surface area (Å²) in [5, 5.41) is 17.8. The molecule has 0 aliphatic rings. The molecule has 0 spiro atoms. The number of hydrogen-bond acceptors (Lipinski definition) is 4. The first-order valence-electron chi connectivity index (χ1n) is 6.20. The van der Waals surface area contributed by atoms with Gasteiger partial charge in [0, 0.05) is 0 Å². The second-order valence-electron chi connectivity index (χ2n) is 4.09. The lowest BCUT2D eigenvalue weighted by Gasteiger charge is -2.02. The Balaban J connectivity index is 2.89. The summed E-state index contributed by atoms with van der Waals surface area (Å²) in [5.41, 5.74) is 0.410. The zero-order valence-electron chi connectivity index (χ0n) is 11.1. The molecule has 1 N–H and O–H groups in total. The highest BCUT2D eigenvalue weighted by Crippen LogP contribution is 2.11. The molecule has 5 heteroatoms. The summed E-state index contributed by atoms with van der Waals surface area (Å²) in [5.74, 6) is -1.76. The first-order valence-corrected chi connectivity index (χ1v) is 6.20. The van der Waals surface area contributed by atoms with Gasteiger partial charge in [-0.15, -0.1) is 0 Å². The molecule has 0 saturated carbocycles. The van der Waals surface area contributed by atoms with Crippen LogP contribution < -0.4 is 0 Å². The quantitative estimate of drug-likeness (QED) is 0.372. The molecule has 0 aromatic heterocycles. The number of carbonyl (C=O) groups excluding carboxylic acids is 1. The maximum absolute atomic E-state index is 11.6. The van der Waals surface area contributed by atoms with E-state index in [9.17, 15) is 9.59 Å². The minimum Gasteiger partial charge on any atom is -0.478 e. The van der Waals surface area contributed by atoms with Crippen molar-refractivity contribution in [1.82, 2.24) is 0 Å². The van der Waals surface area contributed by atoms with Crippen LogP contribution in [0.3, 0.4) is 0 Å². The van der Waals surface area contributed by atoms with Crippen molar-refractivity contribution in [3.63, 3.8) is 0 Å². The molecule has 1 rings (SSSR count). The van der Waals surface area contributed by atoms with Crippen molar-refractivity contribution in [2.24, 2.45) is 0 Å². The predicted molar refractivity (Wildman–Crippen MR) is 72.9 cm³/mol. The smallest absolute Gasteiger partial charge is 0.348 e. The molecule has 0 radical (unpaired) electrons. The monoisotopic (exact) mass is 273 g/mol. The molecule has 0 bridgehead atoms. The Morgan fingerprint density at radius 2 is 2.20 bits per heavy atom. The average Bonchev–Trinajstić information content (AvgIpc) is 2.45. The number of nitriles is 1. The van der Waals surface area contributed by atoms with E-state index in [4.69, 9.17) is 15.1 Å². The molecular formula is C15H15NO4. The lowest BCUT2D eigenvalue weighted by atomic mass is 10.1. The van der Waals surface area contributed by atoms with Gasteiger partial charge in [0.25, 0.3) is 0 Å². The highest BCUT2D eigenvalue weighted by atomic mass is 16.5. The van der Waals surface area contributed by atoms with Crippen molar-refractivity contribution in [2.75, 3.05) is 6.61 Å². The van der Waals surface area contributed by atoms with Gasteiger partial charge in [0.15, 0.2) is 0 Å². The van der Waals surface area contributed by atoms with Crippen LogP contribution in [0.2, 0.25) is 0 Å². The van der Waals surface area contributed by atoms with Gasteiger partial charge in [0.05, 0.1) is 12.2 Å². The van der Waals surface area contributed by atoms with E-state index in [1.165, 1.54) is 18.2 Å². The standard InChI is InChI=1S/C15H15NO4/c1-2-3-7-20-15(19)13(10-16)9-11-5-4-6-12(8-11)14(17)18/h4-6,8-9H,2-3,7H2,1H3,(H,17,18). The number of benzene rings is 1. The number of carboxylic acid groups (broad SMARTS) is 1. The maximum Gasteiger partial charge on any atom is 0.348 e. The largest absolute Gasteiger partial charge is 0.478 e. The number of aromatic carboxylic acids is 1. The van der Waals surface area contributed by atoms with E-state index in [0.29, 0.717) is 5.56 Å². The van der Waals surface area contributed by atoms with Crippen LogP contribution in [0.4, 0.5) is 0 Å². The molecule has 0 saturated heterocycles. The van der Waals surface area contributed by atoms with E-state index in [-0.39, 0.29) is 17.7 Å². The van der Waals surface area contributed by atoms with E-state index >= 15 is 0 Å². The molecule has 1 aromatic carbocycles. The van der Waals surface area contributed by atoms with E-state index < -0.39 is 11.9 Å². The summed E-state index contributed by atoms with van der Waals surface area (Å²) < 4.78 is 4.94. The first-order chi connectivity index (χ1) is 9.58.